The van der Waals surface area contributed by atoms with Gasteiger partial charge < -0.3 is 4.57 Å². The first-order valence-corrected chi connectivity index (χ1v) is 6.09. The Bertz CT molecular complexity index is 564. The molecule has 0 aliphatic carbocycles. The van der Waals surface area contributed by atoms with Crippen molar-refractivity contribution in [1.82, 2.24) is 4.57 Å². The highest BCUT2D eigenvalue weighted by Gasteiger charge is 2.09. The van der Waals surface area contributed by atoms with Crippen LogP contribution in [0.15, 0.2) is 24.3 Å². The van der Waals surface area contributed by atoms with E-state index in [0.717, 1.165) is 5.56 Å². The van der Waals surface area contributed by atoms with Crippen LogP contribution >= 0.6 is 0 Å². The number of aromatic nitrogens is 1. The largest absolute Gasteiger partial charge is 0.342 e. The standard InChI is InChI=1S/C15H19NO/c1-10(2)16-11(3)7-14-9-13(8-12(4)17)5-6-15(14)16/h5-7,9-10H,8H2,1-4H3. The maximum Gasteiger partial charge on any atom is 0.134 e. The van der Waals surface area contributed by atoms with Crippen LogP contribution in [0, 0.1) is 6.92 Å². The molecule has 0 bridgehead atoms. The van der Waals surface area contributed by atoms with Crippen molar-refractivity contribution in [3.63, 3.8) is 0 Å². The molecular weight excluding hydrogens is 210 g/mol. The number of hydrogen-bond acceptors (Lipinski definition) is 1. The molecule has 1 heterocycles. The smallest absolute Gasteiger partial charge is 0.134 e. The van der Waals surface area contributed by atoms with Crippen molar-refractivity contribution in [3.8, 4) is 0 Å². The summed E-state index contributed by atoms with van der Waals surface area (Å²) in [7, 11) is 0. The van der Waals surface area contributed by atoms with Crippen LogP contribution in [0.5, 0.6) is 0 Å². The lowest BCUT2D eigenvalue weighted by Crippen LogP contribution is -2.02. The van der Waals surface area contributed by atoms with Crippen molar-refractivity contribution in [2.45, 2.75) is 40.2 Å². The fraction of sp³-hybridized carbons (Fsp3) is 0.400. The molecule has 1 aromatic carbocycles. The normalized spacial score (nSPS) is 11.4. The molecule has 0 N–H and O–H groups in total. The Hall–Kier alpha value is -1.57. The summed E-state index contributed by atoms with van der Waals surface area (Å²) < 4.78 is 2.33. The van der Waals surface area contributed by atoms with Gasteiger partial charge in [-0.15, -0.1) is 0 Å². The molecule has 2 rings (SSSR count). The number of aryl methyl sites for hydroxylation is 1. The molecule has 0 spiro atoms. The van der Waals surface area contributed by atoms with Crippen molar-refractivity contribution < 1.29 is 4.79 Å². The molecule has 2 aromatic rings. The molecular formula is C15H19NO. The number of benzene rings is 1. The number of fused-ring (bicyclic) bond motifs is 1. The summed E-state index contributed by atoms with van der Waals surface area (Å²) in [6.45, 7) is 8.14. The molecule has 0 fully saturated rings. The van der Waals surface area contributed by atoms with E-state index in [4.69, 9.17) is 0 Å². The molecule has 0 aliphatic rings. The van der Waals surface area contributed by atoms with Gasteiger partial charge in [0.25, 0.3) is 0 Å². The summed E-state index contributed by atoms with van der Waals surface area (Å²) in [4.78, 5) is 11.1. The molecule has 2 heteroatoms. The highest BCUT2D eigenvalue weighted by Crippen LogP contribution is 2.24. The Balaban J connectivity index is 2.53. The minimum absolute atomic E-state index is 0.212. The van der Waals surface area contributed by atoms with Crippen molar-refractivity contribution in [2.24, 2.45) is 0 Å². The third kappa shape index (κ3) is 2.26. The molecule has 2 nitrogen and oxygen atoms in total. The quantitative estimate of drug-likeness (QED) is 0.787. The molecule has 1 aromatic heterocycles. The summed E-state index contributed by atoms with van der Waals surface area (Å²) in [6, 6.07) is 8.97. The topological polar surface area (TPSA) is 22.0 Å². The predicted octanol–water partition coefficient (Wildman–Crippen LogP) is 3.66. The Morgan fingerprint density at radius 3 is 2.59 bits per heavy atom. The van der Waals surface area contributed by atoms with Gasteiger partial charge in [0.15, 0.2) is 0 Å². The molecule has 0 radical (unpaired) electrons. The third-order valence-corrected chi connectivity index (χ3v) is 3.07. The molecule has 0 saturated heterocycles. The minimum Gasteiger partial charge on any atom is -0.342 e. The average Bonchev–Trinajstić information content (AvgIpc) is 2.51. The Kier molecular flexibility index (Phi) is 3.05. The van der Waals surface area contributed by atoms with Gasteiger partial charge in [0.2, 0.25) is 0 Å². The second-order valence-electron chi connectivity index (χ2n) is 5.02. The fourth-order valence-corrected chi connectivity index (χ4v) is 2.51. The lowest BCUT2D eigenvalue weighted by atomic mass is 10.1. The van der Waals surface area contributed by atoms with E-state index in [2.05, 4.69) is 49.6 Å². The van der Waals surface area contributed by atoms with E-state index in [1.165, 1.54) is 16.6 Å². The van der Waals surface area contributed by atoms with Gasteiger partial charge in [-0.2, -0.15) is 0 Å². The summed E-state index contributed by atoms with van der Waals surface area (Å²) >= 11 is 0. The molecule has 0 atom stereocenters. The second-order valence-corrected chi connectivity index (χ2v) is 5.02. The van der Waals surface area contributed by atoms with E-state index < -0.39 is 0 Å². The van der Waals surface area contributed by atoms with E-state index in [1.807, 2.05) is 0 Å². The van der Waals surface area contributed by atoms with Crippen LogP contribution < -0.4 is 0 Å². The SMILES string of the molecule is CC(=O)Cc1ccc2c(c1)cc(C)n2C(C)C. The van der Waals surface area contributed by atoms with Crippen LogP contribution in [-0.4, -0.2) is 10.4 Å². The zero-order chi connectivity index (χ0) is 12.6. The summed E-state index contributed by atoms with van der Waals surface area (Å²) in [5, 5.41) is 1.23. The number of Topliss-reactive ketones (excluding diaryl/α,β-unsaturated/α-hetero) is 1. The van der Waals surface area contributed by atoms with E-state index >= 15 is 0 Å². The molecule has 0 unspecified atom stereocenters. The van der Waals surface area contributed by atoms with Crippen LogP contribution in [-0.2, 0) is 11.2 Å². The maximum absolute atomic E-state index is 11.1. The lowest BCUT2D eigenvalue weighted by molar-refractivity contribution is -0.116. The van der Waals surface area contributed by atoms with Gasteiger partial charge in [0.1, 0.15) is 5.78 Å². The molecule has 0 aliphatic heterocycles. The summed E-state index contributed by atoms with van der Waals surface area (Å²) in [5.41, 5.74) is 3.63. The van der Waals surface area contributed by atoms with Gasteiger partial charge in [-0.1, -0.05) is 6.07 Å². The first-order valence-electron chi connectivity index (χ1n) is 6.09. The summed E-state index contributed by atoms with van der Waals surface area (Å²) in [6.07, 6.45) is 0.530. The van der Waals surface area contributed by atoms with E-state index in [-0.39, 0.29) is 5.78 Å². The van der Waals surface area contributed by atoms with Crippen LogP contribution in [0.4, 0.5) is 0 Å². The van der Waals surface area contributed by atoms with Crippen molar-refractivity contribution >= 4 is 16.7 Å². The monoisotopic (exact) mass is 229 g/mol. The predicted molar refractivity (Wildman–Crippen MR) is 71.4 cm³/mol. The van der Waals surface area contributed by atoms with Crippen LogP contribution in [0.2, 0.25) is 0 Å². The van der Waals surface area contributed by atoms with Gasteiger partial charge in [0.05, 0.1) is 0 Å². The first kappa shape index (κ1) is 11.9. The highest BCUT2D eigenvalue weighted by atomic mass is 16.1. The van der Waals surface area contributed by atoms with Gasteiger partial charge in [-0.05, 0) is 51.5 Å². The van der Waals surface area contributed by atoms with Crippen molar-refractivity contribution in [3.05, 3.63) is 35.5 Å². The van der Waals surface area contributed by atoms with Crippen LogP contribution in [0.25, 0.3) is 10.9 Å². The number of carbonyl (C=O) groups excluding carboxylic acids is 1. The minimum atomic E-state index is 0.212. The van der Waals surface area contributed by atoms with E-state index in [1.54, 1.807) is 6.92 Å². The molecule has 0 amide bonds. The van der Waals surface area contributed by atoms with Crippen molar-refractivity contribution in [2.75, 3.05) is 0 Å². The molecule has 0 saturated carbocycles. The van der Waals surface area contributed by atoms with E-state index in [0.29, 0.717) is 12.5 Å². The van der Waals surface area contributed by atoms with Gasteiger partial charge >= 0.3 is 0 Å². The van der Waals surface area contributed by atoms with Crippen LogP contribution in [0.3, 0.4) is 0 Å². The number of nitrogens with zero attached hydrogens (tertiary/aromatic N) is 1. The van der Waals surface area contributed by atoms with E-state index in [9.17, 15) is 4.79 Å². The number of rotatable bonds is 3. The molecule has 17 heavy (non-hydrogen) atoms. The summed E-state index contributed by atoms with van der Waals surface area (Å²) in [5.74, 6) is 0.212. The van der Waals surface area contributed by atoms with Crippen molar-refractivity contribution in [1.29, 1.82) is 0 Å². The zero-order valence-electron chi connectivity index (χ0n) is 10.9. The Labute approximate surface area is 102 Å². The average molecular weight is 229 g/mol. The van der Waals surface area contributed by atoms with Gasteiger partial charge in [-0.3, -0.25) is 4.79 Å². The molecule has 90 valence electrons. The zero-order valence-corrected chi connectivity index (χ0v) is 10.9. The number of hydrogen-bond donors (Lipinski definition) is 0. The Morgan fingerprint density at radius 2 is 2.00 bits per heavy atom. The number of carbonyl (C=O) groups is 1. The lowest BCUT2D eigenvalue weighted by Gasteiger charge is -2.12. The maximum atomic E-state index is 11.1. The first-order chi connectivity index (χ1) is 7.99. The van der Waals surface area contributed by atoms with Gasteiger partial charge in [0, 0.05) is 29.1 Å². The second kappa shape index (κ2) is 4.36. The highest BCUT2D eigenvalue weighted by molar-refractivity contribution is 5.84. The third-order valence-electron chi connectivity index (χ3n) is 3.07. The fourth-order valence-electron chi connectivity index (χ4n) is 2.51. The number of ketones is 1. The Morgan fingerprint density at radius 1 is 1.29 bits per heavy atom. The van der Waals surface area contributed by atoms with Gasteiger partial charge in [-0.25, -0.2) is 0 Å². The van der Waals surface area contributed by atoms with Crippen LogP contribution in [0.1, 0.15) is 38.1 Å².